The van der Waals surface area contributed by atoms with E-state index < -0.39 is 10.0 Å². The standard InChI is InChI=1S/C26H34ClN3O3S/c1-19-5-3-15-29(17-19)24-11-7-21(8-12-24)20(2)28-26(31)22-6-4-16-30(18-22)34(32,33)25-13-9-23(27)10-14-25/h7-14,19-20,22H,3-6,15-18H2,1-2H3,(H,28,31)/t19-,20+,22+/m1/s1. The lowest BCUT2D eigenvalue weighted by molar-refractivity contribution is -0.126. The number of sulfonamides is 1. The summed E-state index contributed by atoms with van der Waals surface area (Å²) in [5.74, 6) is 0.245. The van der Waals surface area contributed by atoms with Gasteiger partial charge < -0.3 is 10.2 Å². The molecule has 2 aliphatic heterocycles. The fourth-order valence-electron chi connectivity index (χ4n) is 4.94. The Morgan fingerprint density at radius 1 is 1.00 bits per heavy atom. The van der Waals surface area contributed by atoms with Gasteiger partial charge in [0.25, 0.3) is 0 Å². The molecule has 0 aromatic heterocycles. The minimum Gasteiger partial charge on any atom is -0.371 e. The van der Waals surface area contributed by atoms with Crippen molar-refractivity contribution in [3.8, 4) is 0 Å². The molecule has 2 aromatic rings. The van der Waals surface area contributed by atoms with Crippen molar-refractivity contribution in [2.24, 2.45) is 11.8 Å². The summed E-state index contributed by atoms with van der Waals surface area (Å²) in [5.41, 5.74) is 2.27. The molecule has 0 aliphatic carbocycles. The smallest absolute Gasteiger partial charge is 0.243 e. The summed E-state index contributed by atoms with van der Waals surface area (Å²) >= 11 is 5.90. The number of halogens is 1. The van der Waals surface area contributed by atoms with Crippen LogP contribution in [0.2, 0.25) is 5.02 Å². The van der Waals surface area contributed by atoms with E-state index in [4.69, 9.17) is 11.6 Å². The quantitative estimate of drug-likeness (QED) is 0.611. The number of benzene rings is 2. The highest BCUT2D eigenvalue weighted by molar-refractivity contribution is 7.89. The number of carbonyl (C=O) groups is 1. The summed E-state index contributed by atoms with van der Waals surface area (Å²) in [5, 5.41) is 3.59. The number of amides is 1. The van der Waals surface area contributed by atoms with Crippen LogP contribution in [0, 0.1) is 11.8 Å². The molecule has 2 aromatic carbocycles. The number of piperidine rings is 2. The Labute approximate surface area is 208 Å². The topological polar surface area (TPSA) is 69.7 Å². The van der Waals surface area contributed by atoms with Gasteiger partial charge in [-0.25, -0.2) is 8.42 Å². The highest BCUT2D eigenvalue weighted by Crippen LogP contribution is 2.27. The second kappa shape index (κ2) is 10.7. The highest BCUT2D eigenvalue weighted by Gasteiger charge is 2.33. The van der Waals surface area contributed by atoms with Crippen LogP contribution >= 0.6 is 11.6 Å². The lowest BCUT2D eigenvalue weighted by atomic mass is 9.97. The monoisotopic (exact) mass is 503 g/mol. The summed E-state index contributed by atoms with van der Waals surface area (Å²) < 4.78 is 27.5. The Hall–Kier alpha value is -2.09. The normalized spacial score (nSPS) is 22.9. The predicted octanol–water partition coefficient (Wildman–Crippen LogP) is 4.85. The molecular formula is C26H34ClN3O3S. The molecule has 2 aliphatic rings. The summed E-state index contributed by atoms with van der Waals surface area (Å²) in [6.45, 7) is 7.05. The zero-order valence-corrected chi connectivity index (χ0v) is 21.5. The van der Waals surface area contributed by atoms with Crippen molar-refractivity contribution < 1.29 is 13.2 Å². The zero-order chi connectivity index (χ0) is 24.3. The molecule has 2 heterocycles. The van der Waals surface area contributed by atoms with Gasteiger partial charge in [0.1, 0.15) is 0 Å². The van der Waals surface area contributed by atoms with Crippen molar-refractivity contribution in [2.45, 2.75) is 50.5 Å². The third-order valence-corrected chi connectivity index (χ3v) is 9.11. The molecule has 0 saturated carbocycles. The molecule has 0 radical (unpaired) electrons. The van der Waals surface area contributed by atoms with E-state index >= 15 is 0 Å². The van der Waals surface area contributed by atoms with E-state index in [-0.39, 0.29) is 29.3 Å². The molecule has 4 rings (SSSR count). The van der Waals surface area contributed by atoms with Gasteiger partial charge in [0, 0.05) is 36.9 Å². The van der Waals surface area contributed by atoms with E-state index in [1.54, 1.807) is 12.1 Å². The van der Waals surface area contributed by atoms with Gasteiger partial charge in [0.15, 0.2) is 0 Å². The van der Waals surface area contributed by atoms with Crippen molar-refractivity contribution >= 4 is 33.2 Å². The van der Waals surface area contributed by atoms with Crippen molar-refractivity contribution in [1.82, 2.24) is 9.62 Å². The lowest BCUT2D eigenvalue weighted by Gasteiger charge is -2.33. The maximum atomic E-state index is 13.0. The molecule has 184 valence electrons. The van der Waals surface area contributed by atoms with Gasteiger partial charge in [0.05, 0.1) is 16.9 Å². The number of carbonyl (C=O) groups excluding carboxylic acids is 1. The molecule has 8 heteroatoms. The van der Waals surface area contributed by atoms with Crippen LogP contribution in [-0.4, -0.2) is 44.8 Å². The number of nitrogens with one attached hydrogen (secondary N) is 1. The van der Waals surface area contributed by atoms with Crippen molar-refractivity contribution in [1.29, 1.82) is 0 Å². The molecule has 1 amide bonds. The van der Waals surface area contributed by atoms with Gasteiger partial charge in [-0.3, -0.25) is 4.79 Å². The number of rotatable bonds is 6. The average molecular weight is 504 g/mol. The molecule has 0 spiro atoms. The highest BCUT2D eigenvalue weighted by atomic mass is 35.5. The largest absolute Gasteiger partial charge is 0.371 e. The summed E-state index contributed by atoms with van der Waals surface area (Å²) in [4.78, 5) is 15.7. The fraction of sp³-hybridized carbons (Fsp3) is 0.500. The lowest BCUT2D eigenvalue weighted by Crippen LogP contribution is -2.45. The van der Waals surface area contributed by atoms with E-state index in [9.17, 15) is 13.2 Å². The second-order valence-corrected chi connectivity index (χ2v) is 12.0. The first kappa shape index (κ1) is 25.0. The number of nitrogens with zero attached hydrogens (tertiary/aromatic N) is 2. The molecular weight excluding hydrogens is 470 g/mol. The van der Waals surface area contributed by atoms with E-state index in [1.807, 2.05) is 6.92 Å². The van der Waals surface area contributed by atoms with Crippen LogP contribution in [-0.2, 0) is 14.8 Å². The summed E-state index contributed by atoms with van der Waals surface area (Å²) in [7, 11) is -3.66. The van der Waals surface area contributed by atoms with Crippen LogP contribution in [0.25, 0.3) is 0 Å². The van der Waals surface area contributed by atoms with Crippen LogP contribution in [0.5, 0.6) is 0 Å². The Balaban J connectivity index is 1.36. The van der Waals surface area contributed by atoms with Crippen LogP contribution in [0.4, 0.5) is 5.69 Å². The minimum atomic E-state index is -3.66. The zero-order valence-electron chi connectivity index (χ0n) is 19.9. The van der Waals surface area contributed by atoms with Gasteiger partial charge in [-0.05, 0) is 80.5 Å². The first-order chi connectivity index (χ1) is 16.2. The van der Waals surface area contributed by atoms with Gasteiger partial charge in [-0.15, -0.1) is 0 Å². The third kappa shape index (κ3) is 5.75. The van der Waals surface area contributed by atoms with Crippen LogP contribution in [0.1, 0.15) is 51.1 Å². The van der Waals surface area contributed by atoms with E-state index in [0.717, 1.165) is 18.7 Å². The third-order valence-electron chi connectivity index (χ3n) is 6.98. The average Bonchev–Trinajstić information content (AvgIpc) is 2.84. The van der Waals surface area contributed by atoms with Crippen molar-refractivity contribution in [3.05, 3.63) is 59.1 Å². The minimum absolute atomic E-state index is 0.0996. The molecule has 1 N–H and O–H groups in total. The number of hydrogen-bond donors (Lipinski definition) is 1. The second-order valence-electron chi connectivity index (χ2n) is 9.67. The van der Waals surface area contributed by atoms with Gasteiger partial charge in [-0.2, -0.15) is 4.31 Å². The SMILES string of the molecule is C[C@@H]1CCCN(c2ccc([C@H](C)NC(=O)[C@H]3CCCN(S(=O)(=O)c4ccc(Cl)cc4)C3)cc2)C1. The molecule has 2 fully saturated rings. The Bertz CT molecular complexity index is 1090. The number of hydrogen-bond acceptors (Lipinski definition) is 4. The van der Waals surface area contributed by atoms with Crippen molar-refractivity contribution in [2.75, 3.05) is 31.1 Å². The first-order valence-electron chi connectivity index (χ1n) is 12.1. The predicted molar refractivity (Wildman–Crippen MR) is 137 cm³/mol. The molecule has 3 atom stereocenters. The molecule has 6 nitrogen and oxygen atoms in total. The fourth-order valence-corrected chi connectivity index (χ4v) is 6.59. The van der Waals surface area contributed by atoms with Crippen LogP contribution in [0.15, 0.2) is 53.4 Å². The van der Waals surface area contributed by atoms with Gasteiger partial charge >= 0.3 is 0 Å². The van der Waals surface area contributed by atoms with Gasteiger partial charge in [0.2, 0.25) is 15.9 Å². The van der Waals surface area contributed by atoms with Crippen molar-refractivity contribution in [3.63, 3.8) is 0 Å². The Morgan fingerprint density at radius 3 is 2.35 bits per heavy atom. The maximum absolute atomic E-state index is 13.0. The van der Waals surface area contributed by atoms with Gasteiger partial charge in [-0.1, -0.05) is 30.7 Å². The maximum Gasteiger partial charge on any atom is 0.243 e. The summed E-state index contributed by atoms with van der Waals surface area (Å²) in [6.07, 6.45) is 3.85. The molecule has 0 unspecified atom stereocenters. The molecule has 0 bridgehead atoms. The molecule has 2 saturated heterocycles. The summed E-state index contributed by atoms with van der Waals surface area (Å²) in [6, 6.07) is 14.5. The Morgan fingerprint density at radius 2 is 1.68 bits per heavy atom. The Kier molecular flexibility index (Phi) is 7.85. The van der Waals surface area contributed by atoms with E-state index in [0.29, 0.717) is 30.3 Å². The first-order valence-corrected chi connectivity index (χ1v) is 14.0. The number of anilines is 1. The van der Waals surface area contributed by atoms with Crippen LogP contribution in [0.3, 0.4) is 0 Å². The molecule has 34 heavy (non-hydrogen) atoms. The van der Waals surface area contributed by atoms with Crippen LogP contribution < -0.4 is 10.2 Å². The van der Waals surface area contributed by atoms with E-state index in [2.05, 4.69) is 41.4 Å². The van der Waals surface area contributed by atoms with E-state index in [1.165, 1.54) is 35.0 Å².